The maximum Gasteiger partial charge on any atom is 0.240 e. The summed E-state index contributed by atoms with van der Waals surface area (Å²) in [5.41, 5.74) is 5.91. The average molecular weight is 228 g/mol. The average Bonchev–Trinajstić information content (AvgIpc) is 2.16. The molecule has 0 spiro atoms. The zero-order chi connectivity index (χ0) is 11.5. The van der Waals surface area contributed by atoms with Crippen molar-refractivity contribution in [1.82, 2.24) is 4.72 Å². The SMILES string of the molecule is CC(=O)CNS(=O)(=O)c1ccc(N)cc1. The van der Waals surface area contributed by atoms with Crippen LogP contribution in [0.4, 0.5) is 5.69 Å². The van der Waals surface area contributed by atoms with Crippen molar-refractivity contribution in [3.05, 3.63) is 24.3 Å². The third-order valence-electron chi connectivity index (χ3n) is 1.70. The summed E-state index contributed by atoms with van der Waals surface area (Å²) in [6.07, 6.45) is 0. The van der Waals surface area contributed by atoms with Gasteiger partial charge in [-0.25, -0.2) is 13.1 Å². The molecule has 15 heavy (non-hydrogen) atoms. The smallest absolute Gasteiger partial charge is 0.240 e. The summed E-state index contributed by atoms with van der Waals surface area (Å²) >= 11 is 0. The molecule has 5 nitrogen and oxygen atoms in total. The molecule has 0 saturated heterocycles. The summed E-state index contributed by atoms with van der Waals surface area (Å²) in [6, 6.07) is 5.75. The molecule has 0 aliphatic heterocycles. The Morgan fingerprint density at radius 1 is 1.33 bits per heavy atom. The zero-order valence-electron chi connectivity index (χ0n) is 8.23. The molecule has 0 aliphatic carbocycles. The van der Waals surface area contributed by atoms with Gasteiger partial charge in [0.2, 0.25) is 10.0 Å². The van der Waals surface area contributed by atoms with E-state index in [0.29, 0.717) is 5.69 Å². The Hall–Kier alpha value is -1.40. The first-order valence-electron chi connectivity index (χ1n) is 4.26. The van der Waals surface area contributed by atoms with Gasteiger partial charge in [0, 0.05) is 5.69 Å². The predicted molar refractivity (Wildman–Crippen MR) is 56.7 cm³/mol. The highest BCUT2D eigenvalue weighted by molar-refractivity contribution is 7.89. The Bertz CT molecular complexity index is 451. The van der Waals surface area contributed by atoms with E-state index in [2.05, 4.69) is 4.72 Å². The van der Waals surface area contributed by atoms with Crippen molar-refractivity contribution in [2.45, 2.75) is 11.8 Å². The number of sulfonamides is 1. The number of ketones is 1. The highest BCUT2D eigenvalue weighted by Gasteiger charge is 2.13. The minimum atomic E-state index is -3.60. The molecule has 0 bridgehead atoms. The van der Waals surface area contributed by atoms with Crippen molar-refractivity contribution >= 4 is 21.5 Å². The first-order valence-corrected chi connectivity index (χ1v) is 5.75. The molecule has 1 rings (SSSR count). The molecule has 0 unspecified atom stereocenters. The molecule has 1 aromatic carbocycles. The fourth-order valence-corrected chi connectivity index (χ4v) is 1.98. The van der Waals surface area contributed by atoms with Crippen molar-refractivity contribution < 1.29 is 13.2 Å². The summed E-state index contributed by atoms with van der Waals surface area (Å²) in [5.74, 6) is -0.242. The number of nitrogens with two attached hydrogens (primary N) is 1. The highest BCUT2D eigenvalue weighted by atomic mass is 32.2. The van der Waals surface area contributed by atoms with Gasteiger partial charge in [0.15, 0.2) is 0 Å². The van der Waals surface area contributed by atoms with Gasteiger partial charge in [-0.2, -0.15) is 0 Å². The number of nitrogen functional groups attached to an aromatic ring is 1. The van der Waals surface area contributed by atoms with E-state index in [1.54, 1.807) is 0 Å². The van der Waals surface area contributed by atoms with Gasteiger partial charge in [-0.15, -0.1) is 0 Å². The van der Waals surface area contributed by atoms with Crippen molar-refractivity contribution in [3.8, 4) is 0 Å². The van der Waals surface area contributed by atoms with Crippen LogP contribution in [0.1, 0.15) is 6.92 Å². The minimum Gasteiger partial charge on any atom is -0.399 e. The van der Waals surface area contributed by atoms with Crippen LogP contribution in [0.3, 0.4) is 0 Å². The quantitative estimate of drug-likeness (QED) is 0.717. The molecule has 1 aromatic rings. The van der Waals surface area contributed by atoms with E-state index < -0.39 is 10.0 Å². The normalized spacial score (nSPS) is 11.3. The van der Waals surface area contributed by atoms with Gasteiger partial charge in [-0.05, 0) is 31.2 Å². The number of rotatable bonds is 4. The zero-order valence-corrected chi connectivity index (χ0v) is 9.04. The summed E-state index contributed by atoms with van der Waals surface area (Å²) in [5, 5.41) is 0. The summed E-state index contributed by atoms with van der Waals surface area (Å²) in [4.78, 5) is 10.7. The van der Waals surface area contributed by atoms with Crippen molar-refractivity contribution in [2.24, 2.45) is 0 Å². The van der Waals surface area contributed by atoms with Gasteiger partial charge in [-0.1, -0.05) is 0 Å². The van der Waals surface area contributed by atoms with E-state index in [9.17, 15) is 13.2 Å². The van der Waals surface area contributed by atoms with Gasteiger partial charge >= 0.3 is 0 Å². The van der Waals surface area contributed by atoms with Crippen LogP contribution in [-0.2, 0) is 14.8 Å². The lowest BCUT2D eigenvalue weighted by atomic mass is 10.3. The number of benzene rings is 1. The third-order valence-corrected chi connectivity index (χ3v) is 3.12. The third kappa shape index (κ3) is 3.34. The molecule has 0 aliphatic rings. The van der Waals surface area contributed by atoms with Crippen molar-refractivity contribution in [3.63, 3.8) is 0 Å². The monoisotopic (exact) mass is 228 g/mol. The number of Topliss-reactive ketones (excluding diaryl/α,β-unsaturated/α-hetero) is 1. The van der Waals surface area contributed by atoms with Gasteiger partial charge in [0.25, 0.3) is 0 Å². The fraction of sp³-hybridized carbons (Fsp3) is 0.222. The van der Waals surface area contributed by atoms with E-state index in [-0.39, 0.29) is 17.2 Å². The molecule has 3 N–H and O–H groups in total. The number of carbonyl (C=O) groups excluding carboxylic acids is 1. The van der Waals surface area contributed by atoms with Crippen LogP contribution in [0.25, 0.3) is 0 Å². The van der Waals surface area contributed by atoms with E-state index in [1.165, 1.54) is 31.2 Å². The van der Waals surface area contributed by atoms with Crippen LogP contribution in [0.15, 0.2) is 29.2 Å². The van der Waals surface area contributed by atoms with Crippen LogP contribution in [0.2, 0.25) is 0 Å². The largest absolute Gasteiger partial charge is 0.399 e. The molecule has 0 radical (unpaired) electrons. The summed E-state index contributed by atoms with van der Waals surface area (Å²) in [6.45, 7) is 1.11. The Balaban J connectivity index is 2.87. The Labute approximate surface area is 88.3 Å². The van der Waals surface area contributed by atoms with Gasteiger partial charge in [0.1, 0.15) is 5.78 Å². The van der Waals surface area contributed by atoms with Crippen molar-refractivity contribution in [1.29, 1.82) is 0 Å². The maximum absolute atomic E-state index is 11.5. The first kappa shape index (κ1) is 11.7. The van der Waals surface area contributed by atoms with E-state index in [0.717, 1.165) is 0 Å². The number of nitrogens with one attached hydrogen (secondary N) is 1. The van der Waals surface area contributed by atoms with Crippen LogP contribution >= 0.6 is 0 Å². The minimum absolute atomic E-state index is 0.0953. The second kappa shape index (κ2) is 4.41. The topological polar surface area (TPSA) is 89.3 Å². The Kier molecular flexibility index (Phi) is 3.43. The van der Waals surface area contributed by atoms with E-state index >= 15 is 0 Å². The molecule has 0 amide bonds. The second-order valence-electron chi connectivity index (χ2n) is 3.10. The van der Waals surface area contributed by atoms with Crippen LogP contribution in [-0.4, -0.2) is 20.7 Å². The molecular formula is C9H12N2O3S. The molecule has 6 heteroatoms. The van der Waals surface area contributed by atoms with Crippen LogP contribution in [0, 0.1) is 0 Å². The lowest BCUT2D eigenvalue weighted by Gasteiger charge is -2.04. The molecule has 0 saturated carbocycles. The van der Waals surface area contributed by atoms with Gasteiger partial charge in [-0.3, -0.25) is 4.79 Å². The molecule has 0 fully saturated rings. The highest BCUT2D eigenvalue weighted by Crippen LogP contribution is 2.10. The van der Waals surface area contributed by atoms with Gasteiger partial charge in [0.05, 0.1) is 11.4 Å². The number of anilines is 1. The number of carbonyl (C=O) groups is 1. The van der Waals surface area contributed by atoms with Crippen LogP contribution in [0.5, 0.6) is 0 Å². The standard InChI is InChI=1S/C9H12N2O3S/c1-7(12)6-11-15(13,14)9-4-2-8(10)3-5-9/h2-5,11H,6,10H2,1H3. The number of hydrogen-bond acceptors (Lipinski definition) is 4. The van der Waals surface area contributed by atoms with E-state index in [4.69, 9.17) is 5.73 Å². The summed E-state index contributed by atoms with van der Waals surface area (Å²) < 4.78 is 25.3. The molecule has 82 valence electrons. The van der Waals surface area contributed by atoms with Crippen LogP contribution < -0.4 is 10.5 Å². The Morgan fingerprint density at radius 2 is 1.87 bits per heavy atom. The lowest BCUT2D eigenvalue weighted by molar-refractivity contribution is -0.115. The predicted octanol–water partition coefficient (Wildman–Crippen LogP) is 0.136. The summed E-state index contributed by atoms with van der Waals surface area (Å²) in [7, 11) is -3.60. The van der Waals surface area contributed by atoms with Gasteiger partial charge < -0.3 is 5.73 Å². The van der Waals surface area contributed by atoms with Crippen molar-refractivity contribution in [2.75, 3.05) is 12.3 Å². The molecule has 0 heterocycles. The molecule has 0 atom stereocenters. The lowest BCUT2D eigenvalue weighted by Crippen LogP contribution is -2.28. The number of hydrogen-bond donors (Lipinski definition) is 2. The fourth-order valence-electron chi connectivity index (χ4n) is 0.927. The molecular weight excluding hydrogens is 216 g/mol. The second-order valence-corrected chi connectivity index (χ2v) is 4.86. The van der Waals surface area contributed by atoms with E-state index in [1.807, 2.05) is 0 Å². The molecule has 0 aromatic heterocycles. The first-order chi connectivity index (χ1) is 6.92. The maximum atomic E-state index is 11.5. The Morgan fingerprint density at radius 3 is 2.33 bits per heavy atom.